The highest BCUT2D eigenvalue weighted by molar-refractivity contribution is 7.89. The highest BCUT2D eigenvalue weighted by Gasteiger charge is 2.30. The van der Waals surface area contributed by atoms with Crippen LogP contribution in [0.15, 0.2) is 23.5 Å². The molecule has 0 aliphatic heterocycles. The van der Waals surface area contributed by atoms with E-state index >= 15 is 0 Å². The lowest BCUT2D eigenvalue weighted by Gasteiger charge is -2.05. The number of pyridine rings is 1. The van der Waals surface area contributed by atoms with Gasteiger partial charge in [0.2, 0.25) is 5.82 Å². The minimum absolute atomic E-state index is 0.0147. The lowest BCUT2D eigenvalue weighted by Crippen LogP contribution is -2.13. The normalized spacial score (nSPS) is 12.6. The number of sulfonamides is 1. The number of hydrogen-bond acceptors (Lipinski definition) is 5. The molecule has 0 spiro atoms. The Balaban J connectivity index is 2.36. The molecule has 2 rings (SSSR count). The van der Waals surface area contributed by atoms with Gasteiger partial charge in [0.1, 0.15) is 5.69 Å². The topological polar surface area (TPSA) is 115 Å². The fourth-order valence-corrected chi connectivity index (χ4v) is 1.57. The first-order valence-electron chi connectivity index (χ1n) is 4.67. The van der Waals surface area contributed by atoms with Crippen molar-refractivity contribution in [2.24, 2.45) is 5.14 Å². The van der Waals surface area contributed by atoms with Crippen LogP contribution in [0.1, 0.15) is 5.56 Å². The zero-order valence-corrected chi connectivity index (χ0v) is 9.83. The SMILES string of the molecule is NS(=O)(=O)c1nc(-c2ccc(C(F)(F)F)cn2)n[nH]1. The number of halogens is 3. The largest absolute Gasteiger partial charge is 0.417 e. The molecule has 0 bridgehead atoms. The van der Waals surface area contributed by atoms with Gasteiger partial charge in [-0.1, -0.05) is 0 Å². The van der Waals surface area contributed by atoms with E-state index in [-0.39, 0.29) is 11.5 Å². The molecule has 11 heteroatoms. The summed E-state index contributed by atoms with van der Waals surface area (Å²) < 4.78 is 58.8. The number of aromatic nitrogens is 4. The Bertz CT molecular complexity index is 692. The van der Waals surface area contributed by atoms with Gasteiger partial charge in [0, 0.05) is 6.20 Å². The van der Waals surface area contributed by atoms with Gasteiger partial charge in [-0.25, -0.2) is 18.7 Å². The first-order valence-corrected chi connectivity index (χ1v) is 6.21. The average molecular weight is 293 g/mol. The summed E-state index contributed by atoms with van der Waals surface area (Å²) in [7, 11) is -4.06. The highest BCUT2D eigenvalue weighted by Crippen LogP contribution is 2.29. The summed E-state index contributed by atoms with van der Waals surface area (Å²) in [6.45, 7) is 0. The van der Waals surface area contributed by atoms with Gasteiger partial charge in [0.25, 0.3) is 15.2 Å². The monoisotopic (exact) mass is 293 g/mol. The standard InChI is InChI=1S/C8H6F3N5O2S/c9-8(10,11)4-1-2-5(13-3-4)6-14-7(16-15-6)19(12,17)18/h1-3H,(H2,12,17,18)(H,14,15,16). The van der Waals surface area contributed by atoms with E-state index in [1.165, 1.54) is 0 Å². The molecule has 0 saturated heterocycles. The second-order valence-corrected chi connectivity index (χ2v) is 4.92. The molecule has 0 atom stereocenters. The van der Waals surface area contributed by atoms with Crippen LogP contribution in [-0.2, 0) is 16.2 Å². The first-order chi connectivity index (χ1) is 8.68. The van der Waals surface area contributed by atoms with E-state index in [9.17, 15) is 21.6 Å². The molecular formula is C8H6F3N5O2S. The molecule has 2 aromatic rings. The summed E-state index contributed by atoms with van der Waals surface area (Å²) in [6.07, 6.45) is -3.90. The number of nitrogens with one attached hydrogen (secondary N) is 1. The molecule has 0 aliphatic rings. The molecule has 0 aliphatic carbocycles. The summed E-state index contributed by atoms with van der Waals surface area (Å²) >= 11 is 0. The Morgan fingerprint density at radius 3 is 2.37 bits per heavy atom. The number of hydrogen-bond donors (Lipinski definition) is 2. The zero-order chi connectivity index (χ0) is 14.3. The van der Waals surface area contributed by atoms with Crippen LogP contribution in [0.5, 0.6) is 0 Å². The second-order valence-electron chi connectivity index (χ2n) is 3.44. The molecule has 102 valence electrons. The third kappa shape index (κ3) is 2.88. The molecule has 2 aromatic heterocycles. The van der Waals surface area contributed by atoms with E-state index in [0.717, 1.165) is 12.1 Å². The van der Waals surface area contributed by atoms with E-state index in [2.05, 4.69) is 20.2 Å². The molecule has 0 aromatic carbocycles. The van der Waals surface area contributed by atoms with Crippen LogP contribution in [0.3, 0.4) is 0 Å². The first kappa shape index (κ1) is 13.4. The van der Waals surface area contributed by atoms with Crippen LogP contribution in [0.25, 0.3) is 11.5 Å². The van der Waals surface area contributed by atoms with Crippen molar-refractivity contribution in [1.29, 1.82) is 0 Å². The van der Waals surface area contributed by atoms with E-state index in [4.69, 9.17) is 5.14 Å². The summed E-state index contributed by atoms with van der Waals surface area (Å²) in [5.74, 6) is -0.169. The van der Waals surface area contributed by atoms with Crippen LogP contribution in [0, 0.1) is 0 Å². The van der Waals surface area contributed by atoms with E-state index < -0.39 is 26.9 Å². The van der Waals surface area contributed by atoms with Gasteiger partial charge in [-0.2, -0.15) is 23.3 Å². The van der Waals surface area contributed by atoms with Crippen LogP contribution < -0.4 is 5.14 Å². The van der Waals surface area contributed by atoms with Crippen LogP contribution in [0.4, 0.5) is 13.2 Å². The minimum atomic E-state index is -4.50. The molecule has 3 N–H and O–H groups in total. The number of nitrogens with two attached hydrogens (primary N) is 1. The smallest absolute Gasteiger partial charge is 0.252 e. The fraction of sp³-hybridized carbons (Fsp3) is 0.125. The zero-order valence-electron chi connectivity index (χ0n) is 9.01. The van der Waals surface area contributed by atoms with Crippen LogP contribution >= 0.6 is 0 Å². The van der Waals surface area contributed by atoms with Crippen molar-refractivity contribution in [3.8, 4) is 11.5 Å². The molecule has 19 heavy (non-hydrogen) atoms. The molecule has 7 nitrogen and oxygen atoms in total. The third-order valence-electron chi connectivity index (χ3n) is 2.05. The maximum Gasteiger partial charge on any atom is 0.417 e. The van der Waals surface area contributed by atoms with E-state index in [1.54, 1.807) is 0 Å². The Kier molecular flexibility index (Phi) is 3.02. The van der Waals surface area contributed by atoms with E-state index in [0.29, 0.717) is 6.20 Å². The number of alkyl halides is 3. The summed E-state index contributed by atoms with van der Waals surface area (Å²) in [4.78, 5) is 7.03. The fourth-order valence-electron chi connectivity index (χ4n) is 1.18. The van der Waals surface area contributed by atoms with Crippen LogP contribution in [0.2, 0.25) is 0 Å². The average Bonchev–Trinajstić information content (AvgIpc) is 2.77. The molecule has 2 heterocycles. The number of rotatable bonds is 2. The van der Waals surface area contributed by atoms with Gasteiger partial charge < -0.3 is 0 Å². The molecular weight excluding hydrogens is 287 g/mol. The lowest BCUT2D eigenvalue weighted by atomic mass is 10.2. The van der Waals surface area contributed by atoms with Crippen molar-refractivity contribution in [3.05, 3.63) is 23.9 Å². The number of aromatic amines is 1. The highest BCUT2D eigenvalue weighted by atomic mass is 32.2. The van der Waals surface area contributed by atoms with Crippen LogP contribution in [-0.4, -0.2) is 28.6 Å². The molecule has 0 fully saturated rings. The van der Waals surface area contributed by atoms with Gasteiger partial charge in [-0.3, -0.25) is 4.98 Å². The van der Waals surface area contributed by atoms with Crippen molar-refractivity contribution >= 4 is 10.0 Å². The van der Waals surface area contributed by atoms with Crippen molar-refractivity contribution in [3.63, 3.8) is 0 Å². The number of primary sulfonamides is 1. The van der Waals surface area contributed by atoms with Crippen molar-refractivity contribution in [1.82, 2.24) is 20.2 Å². The summed E-state index contributed by atoms with van der Waals surface area (Å²) in [5, 5.41) is 9.76. The summed E-state index contributed by atoms with van der Waals surface area (Å²) in [5.41, 5.74) is -0.947. The summed E-state index contributed by atoms with van der Waals surface area (Å²) in [6, 6.07) is 1.81. The Hall–Kier alpha value is -2.01. The Morgan fingerprint density at radius 1 is 1.26 bits per heavy atom. The van der Waals surface area contributed by atoms with Gasteiger partial charge in [-0.05, 0) is 12.1 Å². The van der Waals surface area contributed by atoms with Crippen molar-refractivity contribution < 1.29 is 21.6 Å². The van der Waals surface area contributed by atoms with E-state index in [1.807, 2.05) is 0 Å². The predicted molar refractivity (Wildman–Crippen MR) is 56.0 cm³/mol. The van der Waals surface area contributed by atoms with Crippen molar-refractivity contribution in [2.45, 2.75) is 11.3 Å². The maximum atomic E-state index is 12.3. The van der Waals surface area contributed by atoms with Gasteiger partial charge >= 0.3 is 6.18 Å². The van der Waals surface area contributed by atoms with Gasteiger partial charge in [0.15, 0.2) is 0 Å². The number of H-pyrrole nitrogens is 1. The Morgan fingerprint density at radius 2 is 1.95 bits per heavy atom. The molecule has 0 amide bonds. The lowest BCUT2D eigenvalue weighted by molar-refractivity contribution is -0.137. The predicted octanol–water partition coefficient (Wildman–Crippen LogP) is 0.533. The third-order valence-corrected chi connectivity index (χ3v) is 2.78. The van der Waals surface area contributed by atoms with Gasteiger partial charge in [0.05, 0.1) is 5.56 Å². The quantitative estimate of drug-likeness (QED) is 0.838. The van der Waals surface area contributed by atoms with Crippen molar-refractivity contribution in [2.75, 3.05) is 0 Å². The second kappa shape index (κ2) is 4.28. The maximum absolute atomic E-state index is 12.3. The van der Waals surface area contributed by atoms with Gasteiger partial charge in [-0.15, -0.1) is 0 Å². The molecule has 0 unspecified atom stereocenters. The molecule has 0 radical (unpaired) electrons. The molecule has 0 saturated carbocycles. The Labute approximate surface area is 104 Å². The number of nitrogens with zero attached hydrogens (tertiary/aromatic N) is 3. The minimum Gasteiger partial charge on any atom is -0.252 e.